The fourth-order valence-corrected chi connectivity index (χ4v) is 3.15. The van der Waals surface area contributed by atoms with E-state index in [2.05, 4.69) is 49.6 Å². The lowest BCUT2D eigenvalue weighted by Crippen LogP contribution is -2.29. The summed E-state index contributed by atoms with van der Waals surface area (Å²) in [6.07, 6.45) is 5.93. The number of nitrogens with one attached hydrogen (secondary N) is 2. The second-order valence-corrected chi connectivity index (χ2v) is 8.22. The Morgan fingerprint density at radius 3 is 2.59 bits per heavy atom. The van der Waals surface area contributed by atoms with Gasteiger partial charge in [0.15, 0.2) is 5.82 Å². The van der Waals surface area contributed by atoms with Crippen molar-refractivity contribution in [3.63, 3.8) is 0 Å². The van der Waals surface area contributed by atoms with E-state index >= 15 is 0 Å². The second-order valence-electron chi connectivity index (χ2n) is 8.22. The van der Waals surface area contributed by atoms with E-state index in [1.165, 1.54) is 6.33 Å². The molecular weight excluding hydrogens is 432 g/mol. The maximum atomic E-state index is 5.96. The minimum Gasteiger partial charge on any atom is -0.491 e. The number of benzene rings is 1. The normalized spacial score (nSPS) is 12.1. The van der Waals surface area contributed by atoms with Crippen LogP contribution in [0.15, 0.2) is 49.1 Å². The fourth-order valence-electron chi connectivity index (χ4n) is 3.15. The van der Waals surface area contributed by atoms with Crippen LogP contribution in [-0.2, 0) is 0 Å². The topological polar surface area (TPSA) is 112 Å². The molecule has 1 aromatic carbocycles. The van der Waals surface area contributed by atoms with Crippen LogP contribution in [0, 0.1) is 0 Å². The zero-order valence-corrected chi connectivity index (χ0v) is 19.9. The van der Waals surface area contributed by atoms with Gasteiger partial charge < -0.3 is 20.1 Å². The molecule has 0 radical (unpaired) electrons. The van der Waals surface area contributed by atoms with E-state index in [1.54, 1.807) is 23.3 Å². The molecule has 1 unspecified atom stereocenters. The molecule has 4 rings (SSSR count). The standard InChI is InChI=1S/C24H30N8O2/c1-5-17(4)25-10-11-33-19-7-9-23(26-13-19)34-18-6-8-21-20(12-18)24(28-15-27-21)30-22-14-29-32(31-22)16(2)3/h6-9,12-17,25H,5,10-11H2,1-4H3,(H,27,28,30,31). The van der Waals surface area contributed by atoms with Gasteiger partial charge in [0, 0.05) is 24.0 Å². The highest BCUT2D eigenvalue weighted by Crippen LogP contribution is 2.29. The molecule has 3 heterocycles. The molecule has 0 aliphatic carbocycles. The Bertz CT molecular complexity index is 1210. The summed E-state index contributed by atoms with van der Waals surface area (Å²) in [7, 11) is 0. The van der Waals surface area contributed by atoms with Gasteiger partial charge in [-0.05, 0) is 51.5 Å². The van der Waals surface area contributed by atoms with Crippen molar-refractivity contribution < 1.29 is 9.47 Å². The summed E-state index contributed by atoms with van der Waals surface area (Å²) in [5, 5.41) is 16.1. The molecule has 10 nitrogen and oxygen atoms in total. The van der Waals surface area contributed by atoms with Crippen molar-refractivity contribution in [2.24, 2.45) is 0 Å². The Balaban J connectivity index is 1.42. The number of ether oxygens (including phenoxy) is 2. The molecule has 0 bridgehead atoms. The molecule has 0 aliphatic rings. The van der Waals surface area contributed by atoms with Crippen molar-refractivity contribution in [1.82, 2.24) is 35.3 Å². The van der Waals surface area contributed by atoms with Crippen LogP contribution in [0.25, 0.3) is 10.9 Å². The zero-order chi connectivity index (χ0) is 23.9. The fraction of sp³-hybridized carbons (Fsp3) is 0.375. The lowest BCUT2D eigenvalue weighted by Gasteiger charge is -2.12. The van der Waals surface area contributed by atoms with E-state index in [0.29, 0.717) is 41.7 Å². The van der Waals surface area contributed by atoms with Crippen molar-refractivity contribution >= 4 is 22.5 Å². The van der Waals surface area contributed by atoms with Gasteiger partial charge in [0.25, 0.3) is 0 Å². The SMILES string of the molecule is CCC(C)NCCOc1ccc(Oc2ccc3ncnc(Nc4cnn(C(C)C)n4)c3c2)nc1. The van der Waals surface area contributed by atoms with Crippen LogP contribution in [0.4, 0.5) is 11.6 Å². The van der Waals surface area contributed by atoms with Gasteiger partial charge in [-0.1, -0.05) is 6.92 Å². The Morgan fingerprint density at radius 1 is 1.00 bits per heavy atom. The Morgan fingerprint density at radius 2 is 1.85 bits per heavy atom. The molecule has 0 fully saturated rings. The van der Waals surface area contributed by atoms with Gasteiger partial charge in [-0.3, -0.25) is 0 Å². The Hall–Kier alpha value is -3.79. The summed E-state index contributed by atoms with van der Waals surface area (Å²) in [6.45, 7) is 9.72. The van der Waals surface area contributed by atoms with E-state index in [0.717, 1.165) is 23.9 Å². The number of pyridine rings is 1. The van der Waals surface area contributed by atoms with Gasteiger partial charge in [0.1, 0.15) is 30.3 Å². The zero-order valence-electron chi connectivity index (χ0n) is 19.9. The number of nitrogens with zero attached hydrogens (tertiary/aromatic N) is 6. The number of anilines is 2. The van der Waals surface area contributed by atoms with Crippen LogP contribution in [0.2, 0.25) is 0 Å². The Kier molecular flexibility index (Phi) is 7.48. The van der Waals surface area contributed by atoms with E-state index < -0.39 is 0 Å². The van der Waals surface area contributed by atoms with Gasteiger partial charge in [0.2, 0.25) is 5.88 Å². The molecule has 34 heavy (non-hydrogen) atoms. The van der Waals surface area contributed by atoms with Crippen LogP contribution < -0.4 is 20.1 Å². The molecule has 0 amide bonds. The van der Waals surface area contributed by atoms with E-state index in [9.17, 15) is 0 Å². The molecule has 178 valence electrons. The van der Waals surface area contributed by atoms with E-state index in [4.69, 9.17) is 9.47 Å². The van der Waals surface area contributed by atoms with Crippen LogP contribution in [0.3, 0.4) is 0 Å². The van der Waals surface area contributed by atoms with Crippen molar-refractivity contribution in [2.75, 3.05) is 18.5 Å². The number of hydrogen-bond acceptors (Lipinski definition) is 9. The largest absolute Gasteiger partial charge is 0.491 e. The van der Waals surface area contributed by atoms with Gasteiger partial charge in [0.05, 0.1) is 24.0 Å². The molecule has 1 atom stereocenters. The molecule has 0 saturated carbocycles. The molecule has 2 N–H and O–H groups in total. The number of hydrogen-bond donors (Lipinski definition) is 2. The number of fused-ring (bicyclic) bond motifs is 1. The van der Waals surface area contributed by atoms with Crippen LogP contribution >= 0.6 is 0 Å². The van der Waals surface area contributed by atoms with Crippen molar-refractivity contribution in [3.8, 4) is 17.4 Å². The van der Waals surface area contributed by atoms with Crippen LogP contribution in [0.1, 0.15) is 40.2 Å². The third-order valence-corrected chi connectivity index (χ3v) is 5.23. The highest BCUT2D eigenvalue weighted by Gasteiger charge is 2.10. The van der Waals surface area contributed by atoms with Gasteiger partial charge in [-0.2, -0.15) is 9.90 Å². The van der Waals surface area contributed by atoms with Gasteiger partial charge in [-0.15, -0.1) is 5.10 Å². The van der Waals surface area contributed by atoms with E-state index in [-0.39, 0.29) is 6.04 Å². The first-order valence-electron chi connectivity index (χ1n) is 11.5. The highest BCUT2D eigenvalue weighted by molar-refractivity contribution is 5.91. The van der Waals surface area contributed by atoms with Gasteiger partial charge in [-0.25, -0.2) is 15.0 Å². The summed E-state index contributed by atoms with van der Waals surface area (Å²) in [6, 6.07) is 9.88. The highest BCUT2D eigenvalue weighted by atomic mass is 16.5. The summed E-state index contributed by atoms with van der Waals surface area (Å²) in [5.74, 6) is 3.02. The number of aromatic nitrogens is 6. The number of rotatable bonds is 11. The first kappa shape index (κ1) is 23.4. The van der Waals surface area contributed by atoms with Crippen LogP contribution in [-0.4, -0.2) is 49.1 Å². The lowest BCUT2D eigenvalue weighted by atomic mass is 10.2. The predicted octanol–water partition coefficient (Wildman–Crippen LogP) is 4.50. The van der Waals surface area contributed by atoms with Gasteiger partial charge >= 0.3 is 0 Å². The first-order chi connectivity index (χ1) is 16.5. The minimum absolute atomic E-state index is 0.170. The monoisotopic (exact) mass is 462 g/mol. The molecule has 3 aromatic heterocycles. The van der Waals surface area contributed by atoms with E-state index in [1.807, 2.05) is 38.1 Å². The smallest absolute Gasteiger partial charge is 0.219 e. The van der Waals surface area contributed by atoms with Crippen LogP contribution in [0.5, 0.6) is 17.4 Å². The molecule has 0 aliphatic heterocycles. The summed E-state index contributed by atoms with van der Waals surface area (Å²) >= 11 is 0. The lowest BCUT2D eigenvalue weighted by molar-refractivity contribution is 0.304. The maximum absolute atomic E-state index is 5.96. The summed E-state index contributed by atoms with van der Waals surface area (Å²) in [4.78, 5) is 14.7. The molecule has 0 saturated heterocycles. The minimum atomic E-state index is 0.170. The average molecular weight is 463 g/mol. The Labute approximate surface area is 198 Å². The third kappa shape index (κ3) is 5.96. The molecule has 4 aromatic rings. The molecular formula is C24H30N8O2. The predicted molar refractivity (Wildman–Crippen MR) is 131 cm³/mol. The second kappa shape index (κ2) is 10.9. The summed E-state index contributed by atoms with van der Waals surface area (Å²) < 4.78 is 11.7. The average Bonchev–Trinajstić information content (AvgIpc) is 3.32. The third-order valence-electron chi connectivity index (χ3n) is 5.23. The van der Waals surface area contributed by atoms with Crippen molar-refractivity contribution in [1.29, 1.82) is 0 Å². The quantitative estimate of drug-likeness (QED) is 0.311. The molecule has 10 heteroatoms. The van der Waals surface area contributed by atoms with Crippen molar-refractivity contribution in [3.05, 3.63) is 49.1 Å². The summed E-state index contributed by atoms with van der Waals surface area (Å²) in [5.41, 5.74) is 0.781. The maximum Gasteiger partial charge on any atom is 0.219 e. The molecule has 0 spiro atoms. The first-order valence-corrected chi connectivity index (χ1v) is 11.5. The van der Waals surface area contributed by atoms with Crippen molar-refractivity contribution in [2.45, 2.75) is 46.2 Å².